The molecule has 132 valence electrons. The Labute approximate surface area is 148 Å². The van der Waals surface area contributed by atoms with Gasteiger partial charge in [0.1, 0.15) is 17.3 Å². The highest BCUT2D eigenvalue weighted by Gasteiger charge is 2.31. The van der Waals surface area contributed by atoms with Crippen LogP contribution in [0.15, 0.2) is 42.5 Å². The van der Waals surface area contributed by atoms with E-state index in [1.165, 1.54) is 18.2 Å². The summed E-state index contributed by atoms with van der Waals surface area (Å²) in [5.41, 5.74) is -0.887. The molecule has 0 aliphatic carbocycles. The second kappa shape index (κ2) is 6.24. The lowest BCUT2D eigenvalue weighted by Crippen LogP contribution is -2.24. The van der Waals surface area contributed by atoms with Gasteiger partial charge in [0.2, 0.25) is 0 Å². The highest BCUT2D eigenvalue weighted by atomic mass is 35.5. The van der Waals surface area contributed by atoms with Crippen LogP contribution in [0.3, 0.4) is 0 Å². The van der Waals surface area contributed by atoms with Crippen LogP contribution in [0.2, 0.25) is 5.02 Å². The number of alkyl halides is 3. The third kappa shape index (κ3) is 3.14. The predicted octanol–water partition coefficient (Wildman–Crippen LogP) is 3.99. The summed E-state index contributed by atoms with van der Waals surface area (Å²) in [5.74, 6) is -0.500. The predicted molar refractivity (Wildman–Crippen MR) is 85.9 cm³/mol. The van der Waals surface area contributed by atoms with Gasteiger partial charge in [0.25, 0.3) is 5.52 Å². The van der Waals surface area contributed by atoms with Crippen LogP contribution >= 0.6 is 11.6 Å². The summed E-state index contributed by atoms with van der Waals surface area (Å²) in [4.78, 5) is 12.6. The van der Waals surface area contributed by atoms with Crippen molar-refractivity contribution in [3.63, 3.8) is 0 Å². The van der Waals surface area contributed by atoms with Crippen molar-refractivity contribution in [3.8, 4) is 23.1 Å². The summed E-state index contributed by atoms with van der Waals surface area (Å²) in [5, 5.41) is 21.9. The van der Waals surface area contributed by atoms with Crippen LogP contribution in [0, 0.1) is 21.4 Å². The van der Waals surface area contributed by atoms with Crippen LogP contribution in [-0.2, 0) is 0 Å². The van der Waals surface area contributed by atoms with E-state index in [2.05, 4.69) is 4.74 Å². The van der Waals surface area contributed by atoms with E-state index >= 15 is 0 Å². The van der Waals surface area contributed by atoms with Crippen LogP contribution in [0.4, 0.5) is 13.2 Å². The molecule has 0 N–H and O–H groups in total. The lowest BCUT2D eigenvalue weighted by molar-refractivity contribution is -0.452. The van der Waals surface area contributed by atoms with Gasteiger partial charge in [-0.1, -0.05) is 11.6 Å². The molecule has 0 bridgehead atoms. The molecule has 3 aromatic rings. The first kappa shape index (κ1) is 17.6. The van der Waals surface area contributed by atoms with Gasteiger partial charge >= 0.3 is 12.1 Å². The Morgan fingerprint density at radius 1 is 1.19 bits per heavy atom. The number of benzene rings is 2. The fourth-order valence-electron chi connectivity index (χ4n) is 2.43. The summed E-state index contributed by atoms with van der Waals surface area (Å²) >= 11 is 5.81. The van der Waals surface area contributed by atoms with Crippen LogP contribution in [0.1, 0.15) is 5.69 Å². The van der Waals surface area contributed by atoms with Gasteiger partial charge in [-0.15, -0.1) is 13.2 Å². The fourth-order valence-corrected chi connectivity index (χ4v) is 2.60. The third-order valence-electron chi connectivity index (χ3n) is 3.47. The summed E-state index contributed by atoms with van der Waals surface area (Å²) in [7, 11) is 0. The molecule has 0 aliphatic heterocycles. The lowest BCUT2D eigenvalue weighted by atomic mass is 10.1. The molecular formula is C16H7ClF3N3O3. The first-order chi connectivity index (χ1) is 12.2. The van der Waals surface area contributed by atoms with Crippen LogP contribution in [-0.4, -0.2) is 11.1 Å². The first-order valence-electron chi connectivity index (χ1n) is 6.96. The first-order valence-corrected chi connectivity index (χ1v) is 7.33. The summed E-state index contributed by atoms with van der Waals surface area (Å²) < 4.78 is 41.1. The zero-order valence-corrected chi connectivity index (χ0v) is 13.4. The standard InChI is InChI=1S/C16H7ClF3N3O3/c17-10-3-6-12-13(7-10)22(24)14(8-21)15(23(12)25)9-1-4-11(5-2-9)26-16(18,19)20/h1-7H. The van der Waals surface area contributed by atoms with Crippen molar-refractivity contribution >= 4 is 22.6 Å². The van der Waals surface area contributed by atoms with Gasteiger partial charge in [-0.25, -0.2) is 0 Å². The van der Waals surface area contributed by atoms with Crippen molar-refractivity contribution in [3.05, 3.63) is 63.3 Å². The van der Waals surface area contributed by atoms with E-state index in [9.17, 15) is 28.5 Å². The Balaban J connectivity index is 2.22. The largest absolute Gasteiger partial charge is 0.804 e. The monoisotopic (exact) mass is 381 g/mol. The van der Waals surface area contributed by atoms with Gasteiger partial charge in [0.15, 0.2) is 5.69 Å². The molecule has 0 fully saturated rings. The second-order valence-electron chi connectivity index (χ2n) is 5.10. The molecule has 0 radical (unpaired) electrons. The van der Waals surface area contributed by atoms with Crippen molar-refractivity contribution in [2.24, 2.45) is 0 Å². The normalized spacial score (nSPS) is 11.3. The molecule has 0 unspecified atom stereocenters. The minimum atomic E-state index is -4.86. The average molecular weight is 382 g/mol. The Morgan fingerprint density at radius 2 is 1.85 bits per heavy atom. The smallest absolute Gasteiger partial charge is 0.573 e. The zero-order valence-electron chi connectivity index (χ0n) is 12.6. The molecule has 2 aromatic carbocycles. The minimum Gasteiger partial charge on any atom is -0.804 e. The number of hydrogen-bond acceptors (Lipinski definition) is 4. The molecule has 0 saturated heterocycles. The second-order valence-corrected chi connectivity index (χ2v) is 5.54. The van der Waals surface area contributed by atoms with Gasteiger partial charge in [-0.05, 0) is 36.4 Å². The zero-order chi connectivity index (χ0) is 19.1. The Bertz CT molecular complexity index is 1100. The number of aromatic nitrogens is 2. The maximum atomic E-state index is 12.6. The Kier molecular flexibility index (Phi) is 4.21. The lowest BCUT2D eigenvalue weighted by Gasteiger charge is -2.15. The third-order valence-corrected chi connectivity index (χ3v) is 3.71. The SMILES string of the molecule is N#Cc1c(-c2ccc(OC(F)(F)F)cc2)[n+](=O)c2ccc(Cl)cc2n1[O-]. The molecule has 26 heavy (non-hydrogen) atoms. The number of nitriles is 1. The van der Waals surface area contributed by atoms with Crippen LogP contribution < -0.4 is 9.16 Å². The minimum absolute atomic E-state index is 0.0472. The number of rotatable bonds is 2. The maximum Gasteiger partial charge on any atom is 0.573 e. The molecule has 0 saturated carbocycles. The van der Waals surface area contributed by atoms with Gasteiger partial charge in [-0.3, -0.25) is 0 Å². The van der Waals surface area contributed by atoms with E-state index < -0.39 is 17.8 Å². The van der Waals surface area contributed by atoms with E-state index in [1.54, 1.807) is 6.07 Å². The van der Waals surface area contributed by atoms with Crippen molar-refractivity contribution in [1.29, 1.82) is 5.26 Å². The van der Waals surface area contributed by atoms with E-state index in [1.807, 2.05) is 0 Å². The summed E-state index contributed by atoms with van der Waals surface area (Å²) in [6, 6.07) is 9.84. The van der Waals surface area contributed by atoms with E-state index in [0.717, 1.165) is 24.3 Å². The number of fused-ring (bicyclic) bond motifs is 1. The quantitative estimate of drug-likeness (QED) is 0.628. The highest BCUT2D eigenvalue weighted by Crippen LogP contribution is 2.28. The molecule has 0 aliphatic rings. The summed E-state index contributed by atoms with van der Waals surface area (Å²) in [6.45, 7) is 0. The van der Waals surface area contributed by atoms with Crippen molar-refractivity contribution in [2.75, 3.05) is 0 Å². The molecule has 0 amide bonds. The van der Waals surface area contributed by atoms with Gasteiger partial charge in [0.05, 0.1) is 9.99 Å². The molecule has 10 heteroatoms. The molecule has 3 rings (SSSR count). The molecule has 6 nitrogen and oxygen atoms in total. The van der Waals surface area contributed by atoms with E-state index in [-0.39, 0.29) is 32.0 Å². The van der Waals surface area contributed by atoms with E-state index in [4.69, 9.17) is 11.6 Å². The van der Waals surface area contributed by atoms with Crippen molar-refractivity contribution < 1.29 is 22.3 Å². The maximum absolute atomic E-state index is 12.6. The molecule has 0 atom stereocenters. The molecular weight excluding hydrogens is 375 g/mol. The number of halogens is 4. The average Bonchev–Trinajstić information content (AvgIpc) is 2.57. The van der Waals surface area contributed by atoms with E-state index in [0.29, 0.717) is 4.43 Å². The highest BCUT2D eigenvalue weighted by molar-refractivity contribution is 6.31. The fraction of sp³-hybridized carbons (Fsp3) is 0.0625. The number of ether oxygens (including phenoxy) is 1. The van der Waals surface area contributed by atoms with Gasteiger partial charge in [0, 0.05) is 16.0 Å². The number of nitrogens with zero attached hydrogens (tertiary/aromatic N) is 3. The Hall–Kier alpha value is -3.25. The molecule has 0 spiro atoms. The topological polar surface area (TPSA) is 84.0 Å². The van der Waals surface area contributed by atoms with Gasteiger partial charge in [-0.2, -0.15) is 5.26 Å². The van der Waals surface area contributed by atoms with Crippen LogP contribution in [0.5, 0.6) is 5.75 Å². The van der Waals surface area contributed by atoms with Gasteiger partial charge < -0.3 is 14.7 Å². The van der Waals surface area contributed by atoms with Crippen molar-refractivity contribution in [1.82, 2.24) is 4.73 Å². The molecule has 1 heterocycles. The molecule has 1 aromatic heterocycles. The summed E-state index contributed by atoms with van der Waals surface area (Å²) in [6.07, 6.45) is -4.86. The Morgan fingerprint density at radius 3 is 2.42 bits per heavy atom. The number of hydrogen-bond donors (Lipinski definition) is 0. The van der Waals surface area contributed by atoms with Crippen LogP contribution in [0.25, 0.3) is 22.3 Å². The van der Waals surface area contributed by atoms with Crippen molar-refractivity contribution in [2.45, 2.75) is 6.36 Å².